The fourth-order valence-electron chi connectivity index (χ4n) is 2.21. The predicted octanol–water partition coefficient (Wildman–Crippen LogP) is 4.82. The van der Waals surface area contributed by atoms with Crippen LogP contribution in [0.15, 0.2) is 48.7 Å². The van der Waals surface area contributed by atoms with Crippen LogP contribution in [0.4, 0.5) is 0 Å². The summed E-state index contributed by atoms with van der Waals surface area (Å²) in [5.74, 6) is 1.09. The van der Waals surface area contributed by atoms with Crippen LogP contribution in [-0.2, 0) is 0 Å². The second-order valence-electron chi connectivity index (χ2n) is 7.27. The van der Waals surface area contributed by atoms with E-state index in [9.17, 15) is 4.79 Å². The first-order chi connectivity index (χ1) is 11.3. The average molecular weight is 326 g/mol. The normalized spacial score (nSPS) is 12.5. The van der Waals surface area contributed by atoms with Gasteiger partial charge in [-0.25, -0.2) is 4.98 Å². The van der Waals surface area contributed by atoms with Gasteiger partial charge >= 0.3 is 0 Å². The number of pyridine rings is 1. The molecule has 1 heterocycles. The molecule has 24 heavy (non-hydrogen) atoms. The Hall–Kier alpha value is -2.36. The van der Waals surface area contributed by atoms with Gasteiger partial charge in [-0.15, -0.1) is 0 Å². The maximum absolute atomic E-state index is 12.3. The second-order valence-corrected chi connectivity index (χ2v) is 7.27. The van der Waals surface area contributed by atoms with Crippen molar-refractivity contribution in [2.75, 3.05) is 0 Å². The van der Waals surface area contributed by atoms with Crippen molar-refractivity contribution < 1.29 is 9.53 Å². The zero-order chi connectivity index (χ0) is 17.6. The molecule has 1 aromatic heterocycles. The molecule has 1 amide bonds. The molecule has 0 saturated carbocycles. The summed E-state index contributed by atoms with van der Waals surface area (Å²) >= 11 is 0. The molecule has 0 spiro atoms. The second kappa shape index (κ2) is 7.95. The van der Waals surface area contributed by atoms with Crippen LogP contribution in [0.3, 0.4) is 0 Å². The number of carbonyl (C=O) groups excluding carboxylic acids is 1. The Morgan fingerprint density at radius 3 is 2.46 bits per heavy atom. The van der Waals surface area contributed by atoms with Crippen LogP contribution >= 0.6 is 0 Å². The van der Waals surface area contributed by atoms with Crippen molar-refractivity contribution in [3.05, 3.63) is 54.2 Å². The minimum Gasteiger partial charge on any atom is -0.439 e. The minimum absolute atomic E-state index is 0.102. The number of amides is 1. The third-order valence-electron chi connectivity index (χ3n) is 3.67. The molecule has 0 aliphatic carbocycles. The zero-order valence-corrected chi connectivity index (χ0v) is 14.9. The molecule has 128 valence electrons. The third-order valence-corrected chi connectivity index (χ3v) is 3.67. The molecule has 0 aliphatic heterocycles. The molecule has 0 saturated heterocycles. The summed E-state index contributed by atoms with van der Waals surface area (Å²) in [7, 11) is 0. The first-order valence-corrected chi connectivity index (χ1v) is 8.33. The molecule has 0 fully saturated rings. The minimum atomic E-state index is -0.102. The summed E-state index contributed by atoms with van der Waals surface area (Å²) in [5, 5.41) is 3.02. The van der Waals surface area contributed by atoms with Crippen molar-refractivity contribution >= 4 is 5.91 Å². The van der Waals surface area contributed by atoms with Crippen LogP contribution in [0, 0.1) is 5.41 Å². The molecule has 4 nitrogen and oxygen atoms in total. The number of hydrogen-bond donors (Lipinski definition) is 1. The standard InChI is InChI=1S/C20H26N2O2/c1-15(12-13-20(2,3)4)22-19(23)16-10-11-18(21-14-16)24-17-8-6-5-7-9-17/h5-11,14-15H,12-13H2,1-4H3,(H,22,23)/t15-/m1/s1. The van der Waals surface area contributed by atoms with Gasteiger partial charge in [-0.2, -0.15) is 0 Å². The van der Waals surface area contributed by atoms with Crippen LogP contribution < -0.4 is 10.1 Å². The van der Waals surface area contributed by atoms with Crippen LogP contribution in [0.25, 0.3) is 0 Å². The molecule has 0 radical (unpaired) electrons. The summed E-state index contributed by atoms with van der Waals surface area (Å²) in [5.41, 5.74) is 0.815. The van der Waals surface area contributed by atoms with E-state index < -0.39 is 0 Å². The van der Waals surface area contributed by atoms with E-state index in [1.807, 2.05) is 37.3 Å². The van der Waals surface area contributed by atoms with E-state index >= 15 is 0 Å². The van der Waals surface area contributed by atoms with Gasteiger partial charge in [-0.05, 0) is 43.4 Å². The quantitative estimate of drug-likeness (QED) is 0.828. The van der Waals surface area contributed by atoms with Crippen molar-refractivity contribution in [1.82, 2.24) is 10.3 Å². The van der Waals surface area contributed by atoms with E-state index in [4.69, 9.17) is 4.74 Å². The molecule has 0 bridgehead atoms. The monoisotopic (exact) mass is 326 g/mol. The number of ether oxygens (including phenoxy) is 1. The Balaban J connectivity index is 1.89. The highest BCUT2D eigenvalue weighted by Gasteiger charge is 2.15. The maximum Gasteiger partial charge on any atom is 0.253 e. The fourth-order valence-corrected chi connectivity index (χ4v) is 2.21. The van der Waals surface area contributed by atoms with E-state index in [-0.39, 0.29) is 17.4 Å². The largest absolute Gasteiger partial charge is 0.439 e. The molecule has 2 rings (SSSR count). The molecular formula is C20H26N2O2. The molecule has 4 heteroatoms. The first kappa shape index (κ1) is 18.0. The number of nitrogens with one attached hydrogen (secondary N) is 1. The number of nitrogens with zero attached hydrogens (tertiary/aromatic N) is 1. The smallest absolute Gasteiger partial charge is 0.253 e. The van der Waals surface area contributed by atoms with E-state index in [0.717, 1.165) is 18.6 Å². The van der Waals surface area contributed by atoms with Crippen LogP contribution in [0.5, 0.6) is 11.6 Å². The Morgan fingerprint density at radius 1 is 1.17 bits per heavy atom. The number of aromatic nitrogens is 1. The summed E-state index contributed by atoms with van der Waals surface area (Å²) in [4.78, 5) is 16.5. The Kier molecular flexibility index (Phi) is 5.96. The van der Waals surface area contributed by atoms with E-state index in [1.165, 1.54) is 0 Å². The molecule has 2 aromatic rings. The van der Waals surface area contributed by atoms with Crippen molar-refractivity contribution in [2.45, 2.75) is 46.6 Å². The number of rotatable bonds is 6. The lowest BCUT2D eigenvalue weighted by atomic mass is 9.89. The highest BCUT2D eigenvalue weighted by molar-refractivity contribution is 5.94. The summed E-state index contributed by atoms with van der Waals surface area (Å²) in [6.45, 7) is 8.65. The average Bonchev–Trinajstić information content (AvgIpc) is 2.54. The van der Waals surface area contributed by atoms with Gasteiger partial charge in [0.1, 0.15) is 5.75 Å². The lowest BCUT2D eigenvalue weighted by Gasteiger charge is -2.21. The number of carbonyl (C=O) groups is 1. The number of hydrogen-bond acceptors (Lipinski definition) is 3. The summed E-state index contributed by atoms with van der Waals surface area (Å²) in [6.07, 6.45) is 3.57. The summed E-state index contributed by atoms with van der Waals surface area (Å²) < 4.78 is 5.63. The van der Waals surface area contributed by atoms with Crippen molar-refractivity contribution in [1.29, 1.82) is 0 Å². The third kappa shape index (κ3) is 6.03. The first-order valence-electron chi connectivity index (χ1n) is 8.33. The van der Waals surface area contributed by atoms with Crippen molar-refractivity contribution in [3.63, 3.8) is 0 Å². The zero-order valence-electron chi connectivity index (χ0n) is 14.9. The van der Waals surface area contributed by atoms with Gasteiger partial charge < -0.3 is 10.1 Å². The fraction of sp³-hybridized carbons (Fsp3) is 0.400. The van der Waals surface area contributed by atoms with E-state index in [1.54, 1.807) is 18.3 Å². The van der Waals surface area contributed by atoms with Crippen LogP contribution in [0.1, 0.15) is 50.9 Å². The Morgan fingerprint density at radius 2 is 1.88 bits per heavy atom. The van der Waals surface area contributed by atoms with E-state index in [2.05, 4.69) is 31.1 Å². The number of benzene rings is 1. The van der Waals surface area contributed by atoms with Gasteiger partial charge in [-0.1, -0.05) is 39.0 Å². The van der Waals surface area contributed by atoms with Crippen LogP contribution in [-0.4, -0.2) is 16.9 Å². The van der Waals surface area contributed by atoms with E-state index in [0.29, 0.717) is 11.4 Å². The van der Waals surface area contributed by atoms with Gasteiger partial charge in [0.2, 0.25) is 5.88 Å². The summed E-state index contributed by atoms with van der Waals surface area (Å²) in [6, 6.07) is 13.0. The molecule has 1 aromatic carbocycles. The van der Waals surface area contributed by atoms with Gasteiger partial charge in [-0.3, -0.25) is 4.79 Å². The molecule has 0 unspecified atom stereocenters. The van der Waals surface area contributed by atoms with Crippen LogP contribution in [0.2, 0.25) is 0 Å². The van der Waals surface area contributed by atoms with Gasteiger partial charge in [0.05, 0.1) is 5.56 Å². The SMILES string of the molecule is C[C@H](CCC(C)(C)C)NC(=O)c1ccc(Oc2ccccc2)nc1. The molecule has 1 N–H and O–H groups in total. The van der Waals surface area contributed by atoms with Gasteiger partial charge in [0.15, 0.2) is 0 Å². The lowest BCUT2D eigenvalue weighted by molar-refractivity contribution is 0.0935. The predicted molar refractivity (Wildman–Crippen MR) is 96.4 cm³/mol. The Bertz CT molecular complexity index is 646. The highest BCUT2D eigenvalue weighted by Crippen LogP contribution is 2.22. The van der Waals surface area contributed by atoms with Gasteiger partial charge in [0, 0.05) is 18.3 Å². The molecular weight excluding hydrogens is 300 g/mol. The maximum atomic E-state index is 12.3. The lowest BCUT2D eigenvalue weighted by Crippen LogP contribution is -2.33. The van der Waals surface area contributed by atoms with Gasteiger partial charge in [0.25, 0.3) is 5.91 Å². The molecule has 0 aliphatic rings. The Labute approximate surface area is 144 Å². The molecule has 1 atom stereocenters. The van der Waals surface area contributed by atoms with Crippen molar-refractivity contribution in [2.24, 2.45) is 5.41 Å². The highest BCUT2D eigenvalue weighted by atomic mass is 16.5. The number of para-hydroxylation sites is 1. The van der Waals surface area contributed by atoms with Crippen molar-refractivity contribution in [3.8, 4) is 11.6 Å². The topological polar surface area (TPSA) is 51.2 Å².